The molecule has 0 fully saturated rings. The van der Waals surface area contributed by atoms with Gasteiger partial charge in [-0.05, 0) is 42.3 Å². The summed E-state index contributed by atoms with van der Waals surface area (Å²) < 4.78 is 5.76. The third-order valence-corrected chi connectivity index (χ3v) is 3.83. The van der Waals surface area contributed by atoms with Gasteiger partial charge in [-0.3, -0.25) is 0 Å². The molecule has 1 N–H and O–H groups in total. The molecule has 0 saturated heterocycles. The van der Waals surface area contributed by atoms with Gasteiger partial charge in [0.2, 0.25) is 0 Å². The van der Waals surface area contributed by atoms with E-state index in [1.54, 1.807) is 12.1 Å². The number of methoxy groups -OCH3 is 1. The van der Waals surface area contributed by atoms with Crippen molar-refractivity contribution in [3.63, 3.8) is 0 Å². The number of carbonyl (C=O) groups is 1. The Hall–Kier alpha value is -1.65. The average Bonchev–Trinajstić information content (AvgIpc) is 2.52. The third kappa shape index (κ3) is 4.41. The molecule has 2 aromatic rings. The van der Waals surface area contributed by atoms with Crippen LogP contribution in [0.1, 0.15) is 34.5 Å². The normalized spacial score (nSPS) is 12.0. The molecule has 0 aliphatic carbocycles. The van der Waals surface area contributed by atoms with Gasteiger partial charge in [0, 0.05) is 17.1 Å². The lowest BCUT2D eigenvalue weighted by Crippen LogP contribution is -2.18. The SMILES string of the molecule is COC(=O)c1ccc(CN[C@@H](C)c2cccc(Br)c2)cc1. The van der Waals surface area contributed by atoms with E-state index in [-0.39, 0.29) is 12.0 Å². The number of hydrogen-bond acceptors (Lipinski definition) is 3. The Balaban J connectivity index is 1.95. The van der Waals surface area contributed by atoms with Gasteiger partial charge in [-0.25, -0.2) is 4.79 Å². The van der Waals surface area contributed by atoms with Crippen LogP contribution >= 0.6 is 15.9 Å². The lowest BCUT2D eigenvalue weighted by Gasteiger charge is -2.14. The summed E-state index contributed by atoms with van der Waals surface area (Å²) in [5.74, 6) is -0.308. The molecule has 0 radical (unpaired) electrons. The fourth-order valence-electron chi connectivity index (χ4n) is 2.04. The zero-order valence-corrected chi connectivity index (χ0v) is 13.7. The molecule has 0 aliphatic heterocycles. The monoisotopic (exact) mass is 347 g/mol. The molecule has 4 heteroatoms. The van der Waals surface area contributed by atoms with Gasteiger partial charge in [-0.15, -0.1) is 0 Å². The van der Waals surface area contributed by atoms with Gasteiger partial charge in [0.05, 0.1) is 12.7 Å². The Labute approximate surface area is 133 Å². The van der Waals surface area contributed by atoms with Crippen molar-refractivity contribution >= 4 is 21.9 Å². The number of carbonyl (C=O) groups excluding carboxylic acids is 1. The van der Waals surface area contributed by atoms with Crippen LogP contribution in [0.3, 0.4) is 0 Å². The maximum Gasteiger partial charge on any atom is 0.337 e. The van der Waals surface area contributed by atoms with Crippen molar-refractivity contribution in [3.8, 4) is 0 Å². The standard InChI is InChI=1S/C17H18BrNO2/c1-12(15-4-3-5-16(18)10-15)19-11-13-6-8-14(9-7-13)17(20)21-2/h3-10,12,19H,11H2,1-2H3/t12-/m0/s1. The Bertz CT molecular complexity index is 610. The minimum absolute atomic E-state index is 0.253. The summed E-state index contributed by atoms with van der Waals surface area (Å²) in [6.07, 6.45) is 0. The molecule has 2 aromatic carbocycles. The van der Waals surface area contributed by atoms with Crippen molar-refractivity contribution in [2.45, 2.75) is 19.5 Å². The van der Waals surface area contributed by atoms with Crippen LogP contribution in [-0.4, -0.2) is 13.1 Å². The summed E-state index contributed by atoms with van der Waals surface area (Å²) in [6.45, 7) is 2.87. The summed E-state index contributed by atoms with van der Waals surface area (Å²) in [5, 5.41) is 3.47. The highest BCUT2D eigenvalue weighted by Gasteiger charge is 2.07. The first-order valence-electron chi connectivity index (χ1n) is 6.76. The van der Waals surface area contributed by atoms with E-state index in [0.29, 0.717) is 5.56 Å². The molecular formula is C17H18BrNO2. The van der Waals surface area contributed by atoms with Gasteiger partial charge < -0.3 is 10.1 Å². The highest BCUT2D eigenvalue weighted by molar-refractivity contribution is 9.10. The first-order chi connectivity index (χ1) is 10.1. The number of hydrogen-bond donors (Lipinski definition) is 1. The van der Waals surface area contributed by atoms with E-state index in [1.807, 2.05) is 24.3 Å². The summed E-state index contributed by atoms with van der Waals surface area (Å²) in [6, 6.07) is 16.0. The number of esters is 1. The number of ether oxygens (including phenoxy) is 1. The zero-order valence-electron chi connectivity index (χ0n) is 12.1. The van der Waals surface area contributed by atoms with Crippen molar-refractivity contribution in [2.24, 2.45) is 0 Å². The van der Waals surface area contributed by atoms with Crippen LogP contribution < -0.4 is 5.32 Å². The number of nitrogens with one attached hydrogen (secondary N) is 1. The molecule has 0 bridgehead atoms. The molecule has 0 unspecified atom stereocenters. The van der Waals surface area contributed by atoms with Crippen LogP contribution in [0.5, 0.6) is 0 Å². The van der Waals surface area contributed by atoms with Gasteiger partial charge in [-0.1, -0.05) is 40.2 Å². The smallest absolute Gasteiger partial charge is 0.337 e. The van der Waals surface area contributed by atoms with E-state index in [0.717, 1.165) is 16.6 Å². The Morgan fingerprint density at radius 2 is 1.95 bits per heavy atom. The lowest BCUT2D eigenvalue weighted by atomic mass is 10.1. The minimum Gasteiger partial charge on any atom is -0.465 e. The second kappa shape index (κ2) is 7.38. The Morgan fingerprint density at radius 1 is 1.24 bits per heavy atom. The predicted octanol–water partition coefficient (Wildman–Crippen LogP) is 4.09. The maximum absolute atomic E-state index is 11.4. The molecule has 0 aliphatic rings. The maximum atomic E-state index is 11.4. The number of rotatable bonds is 5. The lowest BCUT2D eigenvalue weighted by molar-refractivity contribution is 0.0600. The number of benzene rings is 2. The summed E-state index contributed by atoms with van der Waals surface area (Å²) in [5.41, 5.74) is 2.93. The topological polar surface area (TPSA) is 38.3 Å². The van der Waals surface area contributed by atoms with E-state index in [4.69, 9.17) is 0 Å². The average molecular weight is 348 g/mol. The van der Waals surface area contributed by atoms with Crippen molar-refractivity contribution in [2.75, 3.05) is 7.11 Å². The Kier molecular flexibility index (Phi) is 5.53. The molecular weight excluding hydrogens is 330 g/mol. The van der Waals surface area contributed by atoms with Gasteiger partial charge in [0.25, 0.3) is 0 Å². The van der Waals surface area contributed by atoms with Crippen molar-refractivity contribution in [1.29, 1.82) is 0 Å². The Morgan fingerprint density at radius 3 is 2.57 bits per heavy atom. The summed E-state index contributed by atoms with van der Waals surface area (Å²) in [4.78, 5) is 11.4. The van der Waals surface area contributed by atoms with Crippen molar-refractivity contribution < 1.29 is 9.53 Å². The second-order valence-electron chi connectivity index (χ2n) is 4.85. The van der Waals surface area contributed by atoms with Gasteiger partial charge in [-0.2, -0.15) is 0 Å². The second-order valence-corrected chi connectivity index (χ2v) is 5.76. The van der Waals surface area contributed by atoms with Gasteiger partial charge in [0.15, 0.2) is 0 Å². The highest BCUT2D eigenvalue weighted by Crippen LogP contribution is 2.18. The van der Waals surface area contributed by atoms with E-state index >= 15 is 0 Å². The zero-order chi connectivity index (χ0) is 15.2. The largest absolute Gasteiger partial charge is 0.465 e. The van der Waals surface area contributed by atoms with Crippen LogP contribution in [0, 0.1) is 0 Å². The fourth-order valence-corrected chi connectivity index (χ4v) is 2.46. The predicted molar refractivity (Wildman–Crippen MR) is 87.2 cm³/mol. The van der Waals surface area contributed by atoms with E-state index in [2.05, 4.69) is 45.0 Å². The van der Waals surface area contributed by atoms with E-state index < -0.39 is 0 Å². The van der Waals surface area contributed by atoms with Gasteiger partial charge >= 0.3 is 5.97 Å². The molecule has 3 nitrogen and oxygen atoms in total. The fraction of sp³-hybridized carbons (Fsp3) is 0.235. The van der Waals surface area contributed by atoms with Crippen LogP contribution in [0.4, 0.5) is 0 Å². The molecule has 21 heavy (non-hydrogen) atoms. The third-order valence-electron chi connectivity index (χ3n) is 3.34. The first kappa shape index (κ1) is 15.7. The highest BCUT2D eigenvalue weighted by atomic mass is 79.9. The van der Waals surface area contributed by atoms with Crippen LogP contribution in [0.15, 0.2) is 53.0 Å². The summed E-state index contributed by atoms with van der Waals surface area (Å²) >= 11 is 3.48. The van der Waals surface area contributed by atoms with Crippen LogP contribution in [0.25, 0.3) is 0 Å². The molecule has 0 heterocycles. The molecule has 0 saturated carbocycles. The quantitative estimate of drug-likeness (QED) is 0.828. The molecule has 1 atom stereocenters. The minimum atomic E-state index is -0.308. The van der Waals surface area contributed by atoms with Crippen molar-refractivity contribution in [1.82, 2.24) is 5.32 Å². The first-order valence-corrected chi connectivity index (χ1v) is 7.55. The molecule has 2 rings (SSSR count). The van der Waals surface area contributed by atoms with E-state index in [1.165, 1.54) is 12.7 Å². The molecule has 0 aromatic heterocycles. The van der Waals surface area contributed by atoms with Gasteiger partial charge in [0.1, 0.15) is 0 Å². The number of halogens is 1. The molecule has 0 amide bonds. The van der Waals surface area contributed by atoms with Crippen LogP contribution in [-0.2, 0) is 11.3 Å². The molecule has 0 spiro atoms. The summed E-state index contributed by atoms with van der Waals surface area (Å²) in [7, 11) is 1.39. The van der Waals surface area contributed by atoms with Crippen molar-refractivity contribution in [3.05, 3.63) is 69.7 Å². The van der Waals surface area contributed by atoms with Crippen LogP contribution in [0.2, 0.25) is 0 Å². The van der Waals surface area contributed by atoms with E-state index in [9.17, 15) is 4.79 Å². The molecule has 110 valence electrons.